The lowest BCUT2D eigenvalue weighted by Gasteiger charge is -2.19. The summed E-state index contributed by atoms with van der Waals surface area (Å²) < 4.78 is 1.57. The minimum absolute atomic E-state index is 0.189. The zero-order valence-electron chi connectivity index (χ0n) is 20.8. The van der Waals surface area contributed by atoms with Crippen molar-refractivity contribution < 1.29 is 9.59 Å². The van der Waals surface area contributed by atoms with Gasteiger partial charge in [0.25, 0.3) is 11.8 Å². The van der Waals surface area contributed by atoms with E-state index in [0.29, 0.717) is 36.0 Å². The van der Waals surface area contributed by atoms with Crippen LogP contribution in [0.3, 0.4) is 0 Å². The van der Waals surface area contributed by atoms with E-state index < -0.39 is 0 Å². The molecule has 0 fully saturated rings. The predicted molar refractivity (Wildman–Crippen MR) is 140 cm³/mol. The number of para-hydroxylation sites is 1. The molecule has 0 aliphatic heterocycles. The highest BCUT2D eigenvalue weighted by Gasteiger charge is 2.24. The van der Waals surface area contributed by atoms with Crippen LogP contribution in [0.2, 0.25) is 0 Å². The second-order valence-electron chi connectivity index (χ2n) is 8.26. The third-order valence-corrected chi connectivity index (χ3v) is 5.67. The van der Waals surface area contributed by atoms with Gasteiger partial charge in [-0.2, -0.15) is 5.10 Å². The van der Waals surface area contributed by atoms with E-state index in [2.05, 4.69) is 25.7 Å². The van der Waals surface area contributed by atoms with Crippen LogP contribution in [0.5, 0.6) is 0 Å². The van der Waals surface area contributed by atoms with Crippen molar-refractivity contribution in [1.82, 2.24) is 24.6 Å². The molecule has 0 aliphatic rings. The minimum atomic E-state index is -0.351. The summed E-state index contributed by atoms with van der Waals surface area (Å²) in [5.41, 5.74) is 3.99. The van der Waals surface area contributed by atoms with Gasteiger partial charge >= 0.3 is 0 Å². The van der Waals surface area contributed by atoms with Crippen molar-refractivity contribution in [2.45, 2.75) is 27.7 Å². The predicted octanol–water partition coefficient (Wildman–Crippen LogP) is 4.76. The largest absolute Gasteiger partial charge is 0.339 e. The summed E-state index contributed by atoms with van der Waals surface area (Å²) in [6.07, 6.45) is 1.50. The van der Waals surface area contributed by atoms with Crippen LogP contribution in [0, 0.1) is 13.8 Å². The van der Waals surface area contributed by atoms with Crippen molar-refractivity contribution in [3.05, 3.63) is 89.4 Å². The fraction of sp³-hybridized carbons (Fsp3) is 0.222. The maximum Gasteiger partial charge on any atom is 0.259 e. The normalized spacial score (nSPS) is 10.7. The number of aryl methyl sites for hydroxylation is 2. The summed E-state index contributed by atoms with van der Waals surface area (Å²) in [6, 6.07) is 18.3. The van der Waals surface area contributed by atoms with E-state index in [1.54, 1.807) is 33.8 Å². The molecule has 9 nitrogen and oxygen atoms in total. The third kappa shape index (κ3) is 5.41. The molecule has 0 saturated carbocycles. The number of aromatic nitrogens is 4. The number of rotatable bonds is 8. The number of nitrogens with zero attached hydrogens (tertiary/aromatic N) is 5. The highest BCUT2D eigenvalue weighted by atomic mass is 16.2. The number of amides is 2. The smallest absolute Gasteiger partial charge is 0.259 e. The quantitative estimate of drug-likeness (QED) is 0.374. The molecule has 4 rings (SSSR count). The number of carbonyl (C=O) groups excluding carboxylic acids is 2. The Hall–Kier alpha value is -4.53. The summed E-state index contributed by atoms with van der Waals surface area (Å²) in [5.74, 6) is 0.283. The first-order valence-corrected chi connectivity index (χ1v) is 11.8. The van der Waals surface area contributed by atoms with Crippen molar-refractivity contribution in [2.75, 3.05) is 23.7 Å². The molecule has 36 heavy (non-hydrogen) atoms. The maximum atomic E-state index is 13.2. The standard InChI is InChI=1S/C27H29N7O2/c1-5-33(6-2)26(36)23-17-28-34(22-10-8-7-9-11-22)24(23)32-25(35)20-12-14-21(15-13-20)31-27-29-18(3)16-19(4)30-27/h7-17H,5-6H2,1-4H3,(H,32,35)(H,29,30,31). The molecule has 2 heterocycles. The van der Waals surface area contributed by atoms with Crippen molar-refractivity contribution in [2.24, 2.45) is 0 Å². The Morgan fingerprint density at radius 1 is 0.917 bits per heavy atom. The lowest BCUT2D eigenvalue weighted by atomic mass is 10.2. The van der Waals surface area contributed by atoms with E-state index in [1.165, 1.54) is 6.20 Å². The molecule has 4 aromatic rings. The Labute approximate surface area is 210 Å². The van der Waals surface area contributed by atoms with Gasteiger partial charge in [0.15, 0.2) is 0 Å². The summed E-state index contributed by atoms with van der Waals surface area (Å²) in [5, 5.41) is 10.5. The van der Waals surface area contributed by atoms with Crippen LogP contribution in [0.25, 0.3) is 5.69 Å². The molecule has 0 atom stereocenters. The zero-order chi connectivity index (χ0) is 25.7. The Morgan fingerprint density at radius 3 is 2.17 bits per heavy atom. The van der Waals surface area contributed by atoms with E-state index in [0.717, 1.165) is 22.8 Å². The van der Waals surface area contributed by atoms with Gasteiger partial charge in [0.1, 0.15) is 11.4 Å². The van der Waals surface area contributed by atoms with Gasteiger partial charge < -0.3 is 15.5 Å². The average molecular weight is 484 g/mol. The van der Waals surface area contributed by atoms with Gasteiger partial charge in [0.2, 0.25) is 5.95 Å². The number of benzene rings is 2. The molecule has 0 radical (unpaired) electrons. The summed E-state index contributed by atoms with van der Waals surface area (Å²) in [7, 11) is 0. The number of hydrogen-bond donors (Lipinski definition) is 2. The number of carbonyl (C=O) groups is 2. The van der Waals surface area contributed by atoms with E-state index >= 15 is 0 Å². The van der Waals surface area contributed by atoms with Crippen LogP contribution < -0.4 is 10.6 Å². The molecule has 2 aromatic heterocycles. The SMILES string of the molecule is CCN(CC)C(=O)c1cnn(-c2ccccc2)c1NC(=O)c1ccc(Nc2nc(C)cc(C)n2)cc1. The highest BCUT2D eigenvalue weighted by molar-refractivity contribution is 6.08. The lowest BCUT2D eigenvalue weighted by molar-refractivity contribution is 0.0774. The summed E-state index contributed by atoms with van der Waals surface area (Å²) in [4.78, 5) is 36.8. The van der Waals surface area contributed by atoms with Crippen molar-refractivity contribution in [1.29, 1.82) is 0 Å². The van der Waals surface area contributed by atoms with Crippen LogP contribution in [0.1, 0.15) is 46.0 Å². The molecular formula is C27H29N7O2. The van der Waals surface area contributed by atoms with Gasteiger partial charge in [-0.3, -0.25) is 9.59 Å². The monoisotopic (exact) mass is 483 g/mol. The minimum Gasteiger partial charge on any atom is -0.339 e. The van der Waals surface area contributed by atoms with E-state index in [9.17, 15) is 9.59 Å². The molecule has 184 valence electrons. The molecule has 9 heteroatoms. The topological polar surface area (TPSA) is 105 Å². The van der Waals surface area contributed by atoms with Crippen molar-refractivity contribution in [3.8, 4) is 5.69 Å². The van der Waals surface area contributed by atoms with Gasteiger partial charge in [-0.15, -0.1) is 0 Å². The zero-order valence-corrected chi connectivity index (χ0v) is 20.8. The molecule has 2 aromatic carbocycles. The fourth-order valence-corrected chi connectivity index (χ4v) is 3.87. The van der Waals surface area contributed by atoms with Crippen LogP contribution in [-0.2, 0) is 0 Å². The first-order valence-electron chi connectivity index (χ1n) is 11.8. The van der Waals surface area contributed by atoms with E-state index in [1.807, 2.05) is 64.1 Å². The van der Waals surface area contributed by atoms with Gasteiger partial charge in [0.05, 0.1) is 11.9 Å². The second kappa shape index (κ2) is 10.8. The Bertz CT molecular complexity index is 1340. The number of anilines is 3. The molecule has 0 spiro atoms. The molecule has 0 aliphatic carbocycles. The molecule has 2 amide bonds. The molecule has 0 unspecified atom stereocenters. The molecule has 0 bridgehead atoms. The first kappa shape index (κ1) is 24.6. The Kier molecular flexibility index (Phi) is 7.39. The maximum absolute atomic E-state index is 13.2. The third-order valence-electron chi connectivity index (χ3n) is 5.67. The van der Waals surface area contributed by atoms with Gasteiger partial charge in [-0.05, 0) is 70.2 Å². The number of hydrogen-bond acceptors (Lipinski definition) is 6. The Morgan fingerprint density at radius 2 is 1.56 bits per heavy atom. The summed E-state index contributed by atoms with van der Waals surface area (Å²) in [6.45, 7) is 8.76. The molecule has 0 saturated heterocycles. The molecule has 2 N–H and O–H groups in total. The summed E-state index contributed by atoms with van der Waals surface area (Å²) >= 11 is 0. The van der Waals surface area contributed by atoms with Crippen molar-refractivity contribution >= 4 is 29.3 Å². The van der Waals surface area contributed by atoms with Crippen molar-refractivity contribution in [3.63, 3.8) is 0 Å². The highest BCUT2D eigenvalue weighted by Crippen LogP contribution is 2.23. The van der Waals surface area contributed by atoms with Gasteiger partial charge in [-0.1, -0.05) is 18.2 Å². The van der Waals surface area contributed by atoms with E-state index in [4.69, 9.17) is 0 Å². The van der Waals surface area contributed by atoms with Crippen LogP contribution in [0.4, 0.5) is 17.5 Å². The molecular weight excluding hydrogens is 454 g/mol. The van der Waals surface area contributed by atoms with Gasteiger partial charge in [0, 0.05) is 35.7 Å². The average Bonchev–Trinajstić information content (AvgIpc) is 3.28. The van der Waals surface area contributed by atoms with Crippen LogP contribution >= 0.6 is 0 Å². The second-order valence-corrected chi connectivity index (χ2v) is 8.26. The number of nitrogens with one attached hydrogen (secondary N) is 2. The van der Waals surface area contributed by atoms with Gasteiger partial charge in [-0.25, -0.2) is 14.6 Å². The Balaban J connectivity index is 1.60. The van der Waals surface area contributed by atoms with Crippen LogP contribution in [-0.4, -0.2) is 49.6 Å². The van der Waals surface area contributed by atoms with Crippen LogP contribution in [0.15, 0.2) is 66.9 Å². The lowest BCUT2D eigenvalue weighted by Crippen LogP contribution is -2.31. The first-order chi connectivity index (χ1) is 17.4. The fourth-order valence-electron chi connectivity index (χ4n) is 3.87. The van der Waals surface area contributed by atoms with E-state index in [-0.39, 0.29) is 11.8 Å².